The van der Waals surface area contributed by atoms with E-state index in [0.717, 1.165) is 25.8 Å². The minimum Gasteiger partial charge on any atom is -0.496 e. The molecule has 0 unspecified atom stereocenters. The molecule has 1 saturated heterocycles. The van der Waals surface area contributed by atoms with Crippen LogP contribution in [0.4, 0.5) is 0 Å². The monoisotopic (exact) mass is 278 g/mol. The third-order valence-corrected chi connectivity index (χ3v) is 3.59. The van der Waals surface area contributed by atoms with Crippen molar-refractivity contribution in [2.24, 2.45) is 0 Å². The maximum Gasteiger partial charge on any atom is 0.237 e. The molecule has 0 saturated carbocycles. The number of carbonyl (C=O) groups excluding carboxylic acids is 1. The molecule has 0 aliphatic carbocycles. The van der Waals surface area contributed by atoms with E-state index in [0.29, 0.717) is 11.3 Å². The Hall–Kier alpha value is -1.59. The number of methoxy groups -OCH3 is 1. The highest BCUT2D eigenvalue weighted by atomic mass is 16.5. The first kappa shape index (κ1) is 14.8. The number of aliphatic hydroxyl groups is 1. The number of benzene rings is 1. The van der Waals surface area contributed by atoms with Crippen molar-refractivity contribution in [2.75, 3.05) is 20.2 Å². The molecule has 2 atom stereocenters. The number of hydrogen-bond donors (Lipinski definition) is 3. The van der Waals surface area contributed by atoms with Gasteiger partial charge in [0, 0.05) is 12.1 Å². The van der Waals surface area contributed by atoms with Crippen molar-refractivity contribution in [1.82, 2.24) is 10.6 Å². The minimum absolute atomic E-state index is 0.0429. The van der Waals surface area contributed by atoms with Crippen molar-refractivity contribution in [2.45, 2.75) is 31.4 Å². The lowest BCUT2D eigenvalue weighted by Crippen LogP contribution is -2.47. The van der Waals surface area contributed by atoms with Crippen molar-refractivity contribution >= 4 is 5.91 Å². The van der Waals surface area contributed by atoms with Gasteiger partial charge in [-0.05, 0) is 25.5 Å². The van der Waals surface area contributed by atoms with Crippen molar-refractivity contribution in [1.29, 1.82) is 0 Å². The molecule has 110 valence electrons. The fourth-order valence-corrected chi connectivity index (χ4v) is 2.45. The van der Waals surface area contributed by atoms with Crippen LogP contribution in [0.3, 0.4) is 0 Å². The number of ether oxygens (including phenoxy) is 1. The topological polar surface area (TPSA) is 70.6 Å². The maximum atomic E-state index is 12.0. The minimum atomic E-state index is -0.765. The predicted octanol–water partition coefficient (Wildman–Crippen LogP) is 0.987. The van der Waals surface area contributed by atoms with Gasteiger partial charge in [0.15, 0.2) is 0 Å². The predicted molar refractivity (Wildman–Crippen MR) is 76.6 cm³/mol. The van der Waals surface area contributed by atoms with E-state index in [2.05, 4.69) is 10.6 Å². The third-order valence-electron chi connectivity index (χ3n) is 3.59. The molecule has 1 aromatic carbocycles. The number of aliphatic hydroxyl groups excluding tert-OH is 1. The molecule has 0 aromatic heterocycles. The molecule has 1 amide bonds. The summed E-state index contributed by atoms with van der Waals surface area (Å²) in [6, 6.07) is 7.15. The smallest absolute Gasteiger partial charge is 0.237 e. The zero-order valence-corrected chi connectivity index (χ0v) is 11.8. The number of nitrogens with one attached hydrogen (secondary N) is 2. The van der Waals surface area contributed by atoms with Gasteiger partial charge < -0.3 is 20.5 Å². The van der Waals surface area contributed by atoms with Gasteiger partial charge in [0.25, 0.3) is 0 Å². The van der Waals surface area contributed by atoms with E-state index in [-0.39, 0.29) is 18.5 Å². The zero-order valence-electron chi connectivity index (χ0n) is 11.8. The molecular weight excluding hydrogens is 256 g/mol. The van der Waals surface area contributed by atoms with Gasteiger partial charge in [-0.3, -0.25) is 4.79 Å². The molecule has 0 bridgehead atoms. The Labute approximate surface area is 119 Å². The highest BCUT2D eigenvalue weighted by Gasteiger charge is 2.21. The number of para-hydroxylation sites is 1. The van der Waals surface area contributed by atoms with Gasteiger partial charge in [0.1, 0.15) is 5.75 Å². The molecule has 2 rings (SSSR count). The Morgan fingerprint density at radius 3 is 3.00 bits per heavy atom. The molecule has 1 aliphatic rings. The van der Waals surface area contributed by atoms with E-state index in [1.807, 2.05) is 12.1 Å². The summed E-state index contributed by atoms with van der Waals surface area (Å²) in [4.78, 5) is 12.0. The summed E-state index contributed by atoms with van der Waals surface area (Å²) in [5.74, 6) is 0.587. The molecular formula is C15H22N2O3. The van der Waals surface area contributed by atoms with Gasteiger partial charge in [-0.15, -0.1) is 0 Å². The van der Waals surface area contributed by atoms with E-state index >= 15 is 0 Å². The Morgan fingerprint density at radius 2 is 2.30 bits per heavy atom. The summed E-state index contributed by atoms with van der Waals surface area (Å²) in [6.07, 6.45) is 2.28. The molecule has 1 fully saturated rings. The summed E-state index contributed by atoms with van der Waals surface area (Å²) in [5.41, 5.74) is 0.687. The molecule has 0 spiro atoms. The number of piperidine rings is 1. The van der Waals surface area contributed by atoms with E-state index in [9.17, 15) is 9.90 Å². The van der Waals surface area contributed by atoms with Crippen LogP contribution in [0.15, 0.2) is 24.3 Å². The van der Waals surface area contributed by atoms with E-state index in [4.69, 9.17) is 4.74 Å². The van der Waals surface area contributed by atoms with Crippen LogP contribution in [0.2, 0.25) is 0 Å². The highest BCUT2D eigenvalue weighted by Crippen LogP contribution is 2.24. The lowest BCUT2D eigenvalue weighted by atomic mass is 10.0. The Kier molecular flexibility index (Phi) is 5.38. The van der Waals surface area contributed by atoms with Crippen molar-refractivity contribution in [3.63, 3.8) is 0 Å². The Morgan fingerprint density at radius 1 is 1.50 bits per heavy atom. The number of amides is 1. The lowest BCUT2D eigenvalue weighted by Gasteiger charge is -2.23. The second kappa shape index (κ2) is 7.26. The molecule has 3 N–H and O–H groups in total. The van der Waals surface area contributed by atoms with Crippen molar-refractivity contribution < 1.29 is 14.6 Å². The van der Waals surface area contributed by atoms with Crippen LogP contribution in [-0.4, -0.2) is 37.3 Å². The van der Waals surface area contributed by atoms with Crippen LogP contribution in [-0.2, 0) is 4.79 Å². The zero-order chi connectivity index (χ0) is 14.4. The van der Waals surface area contributed by atoms with Gasteiger partial charge in [0.2, 0.25) is 5.91 Å². The van der Waals surface area contributed by atoms with Gasteiger partial charge in [-0.25, -0.2) is 0 Å². The summed E-state index contributed by atoms with van der Waals surface area (Å²) >= 11 is 0. The summed E-state index contributed by atoms with van der Waals surface area (Å²) < 4.78 is 5.20. The molecule has 1 heterocycles. The van der Waals surface area contributed by atoms with Crippen LogP contribution in [0, 0.1) is 0 Å². The second-order valence-corrected chi connectivity index (χ2v) is 5.01. The third kappa shape index (κ3) is 3.71. The van der Waals surface area contributed by atoms with Crippen LogP contribution in [0.1, 0.15) is 30.9 Å². The largest absolute Gasteiger partial charge is 0.496 e. The molecule has 20 heavy (non-hydrogen) atoms. The number of rotatable bonds is 5. The van der Waals surface area contributed by atoms with Crippen molar-refractivity contribution in [3.8, 4) is 5.75 Å². The quantitative estimate of drug-likeness (QED) is 0.751. The first-order valence-electron chi connectivity index (χ1n) is 7.04. The van der Waals surface area contributed by atoms with Crippen LogP contribution < -0.4 is 15.4 Å². The molecule has 1 aliphatic heterocycles. The maximum absolute atomic E-state index is 12.0. The van der Waals surface area contributed by atoms with E-state index in [1.54, 1.807) is 19.2 Å². The lowest BCUT2D eigenvalue weighted by molar-refractivity contribution is -0.124. The summed E-state index contributed by atoms with van der Waals surface area (Å²) in [7, 11) is 1.57. The van der Waals surface area contributed by atoms with E-state index in [1.165, 1.54) is 0 Å². The fraction of sp³-hybridized carbons (Fsp3) is 0.533. The first-order valence-corrected chi connectivity index (χ1v) is 7.04. The summed E-state index contributed by atoms with van der Waals surface area (Å²) in [5, 5.41) is 16.1. The van der Waals surface area contributed by atoms with Gasteiger partial charge in [-0.1, -0.05) is 24.6 Å². The molecule has 0 radical (unpaired) electrons. The van der Waals surface area contributed by atoms with Gasteiger partial charge in [-0.2, -0.15) is 0 Å². The average molecular weight is 278 g/mol. The highest BCUT2D eigenvalue weighted by molar-refractivity contribution is 5.81. The molecule has 1 aromatic rings. The van der Waals surface area contributed by atoms with Crippen LogP contribution >= 0.6 is 0 Å². The van der Waals surface area contributed by atoms with Crippen LogP contribution in [0.5, 0.6) is 5.75 Å². The Balaban J connectivity index is 1.88. The number of hydrogen-bond acceptors (Lipinski definition) is 4. The Bertz CT molecular complexity index is 444. The van der Waals surface area contributed by atoms with E-state index < -0.39 is 6.10 Å². The number of carbonyl (C=O) groups is 1. The van der Waals surface area contributed by atoms with Gasteiger partial charge >= 0.3 is 0 Å². The fourth-order valence-electron chi connectivity index (χ4n) is 2.45. The van der Waals surface area contributed by atoms with Crippen LogP contribution in [0.25, 0.3) is 0 Å². The standard InChI is InChI=1S/C15H22N2O3/c1-20-14-8-3-2-6-11(14)13(18)10-17-15(19)12-7-4-5-9-16-12/h2-3,6,8,12-13,16,18H,4-5,7,9-10H2,1H3,(H,17,19)/t12-,13-/m0/s1. The average Bonchev–Trinajstić information content (AvgIpc) is 2.53. The normalized spacial score (nSPS) is 20.2. The summed E-state index contributed by atoms with van der Waals surface area (Å²) in [6.45, 7) is 1.07. The van der Waals surface area contributed by atoms with Crippen molar-refractivity contribution in [3.05, 3.63) is 29.8 Å². The SMILES string of the molecule is COc1ccccc1[C@@H](O)CNC(=O)[C@@H]1CCCCN1. The molecule has 5 nitrogen and oxygen atoms in total. The first-order chi connectivity index (χ1) is 9.72. The second-order valence-electron chi connectivity index (χ2n) is 5.01. The molecule has 5 heteroatoms. The van der Waals surface area contributed by atoms with Gasteiger partial charge in [0.05, 0.1) is 19.3 Å².